The van der Waals surface area contributed by atoms with Crippen molar-refractivity contribution in [2.24, 2.45) is 5.92 Å². The van der Waals surface area contributed by atoms with Crippen molar-refractivity contribution in [3.63, 3.8) is 0 Å². The van der Waals surface area contributed by atoms with E-state index in [0.29, 0.717) is 11.8 Å². The first-order chi connectivity index (χ1) is 10.7. The molecule has 0 atom stereocenters. The molecule has 1 aliphatic carbocycles. The van der Waals surface area contributed by atoms with Gasteiger partial charge in [-0.15, -0.1) is 0 Å². The Morgan fingerprint density at radius 3 is 2.14 bits per heavy atom. The van der Waals surface area contributed by atoms with E-state index in [0.717, 1.165) is 57.1 Å². The Morgan fingerprint density at radius 1 is 1.05 bits per heavy atom. The summed E-state index contributed by atoms with van der Waals surface area (Å²) in [4.78, 5) is 16.5. The molecule has 5 nitrogen and oxygen atoms in total. The lowest BCUT2D eigenvalue weighted by atomic mass is 10.1. The van der Waals surface area contributed by atoms with Gasteiger partial charge in [0.1, 0.15) is 11.5 Å². The Hall–Kier alpha value is -1.75. The molecule has 1 heterocycles. The van der Waals surface area contributed by atoms with Crippen molar-refractivity contribution in [2.45, 2.75) is 19.4 Å². The van der Waals surface area contributed by atoms with Crippen LogP contribution in [0.1, 0.15) is 18.4 Å². The quantitative estimate of drug-likeness (QED) is 0.831. The zero-order valence-corrected chi connectivity index (χ0v) is 13.4. The molecular weight excluding hydrogens is 280 g/mol. The molecule has 0 unspecified atom stereocenters. The second kappa shape index (κ2) is 6.57. The summed E-state index contributed by atoms with van der Waals surface area (Å²) in [5, 5.41) is 0. The maximum absolute atomic E-state index is 12.1. The van der Waals surface area contributed by atoms with Gasteiger partial charge in [-0.25, -0.2) is 0 Å². The van der Waals surface area contributed by atoms with Crippen molar-refractivity contribution in [1.29, 1.82) is 0 Å². The fourth-order valence-electron chi connectivity index (χ4n) is 2.93. The fraction of sp³-hybridized carbons (Fsp3) is 0.588. The number of carbonyl (C=O) groups excluding carboxylic acids is 1. The Labute approximate surface area is 131 Å². The number of rotatable bonds is 5. The summed E-state index contributed by atoms with van der Waals surface area (Å²) in [6.07, 6.45) is 2.17. The Morgan fingerprint density at radius 2 is 1.64 bits per heavy atom. The molecule has 0 N–H and O–H groups in total. The van der Waals surface area contributed by atoms with Gasteiger partial charge < -0.3 is 14.4 Å². The van der Waals surface area contributed by atoms with E-state index < -0.39 is 0 Å². The molecule has 120 valence electrons. The molecule has 0 spiro atoms. The average molecular weight is 304 g/mol. The van der Waals surface area contributed by atoms with Crippen LogP contribution in [0.3, 0.4) is 0 Å². The van der Waals surface area contributed by atoms with Gasteiger partial charge in [0.05, 0.1) is 14.2 Å². The van der Waals surface area contributed by atoms with Crippen molar-refractivity contribution < 1.29 is 14.3 Å². The minimum Gasteiger partial charge on any atom is -0.497 e. The molecule has 1 saturated carbocycles. The van der Waals surface area contributed by atoms with Gasteiger partial charge in [0.25, 0.3) is 0 Å². The first-order valence-corrected chi connectivity index (χ1v) is 7.92. The second-order valence-corrected chi connectivity index (χ2v) is 6.10. The third-order valence-electron chi connectivity index (χ3n) is 4.43. The molecule has 1 aliphatic heterocycles. The van der Waals surface area contributed by atoms with E-state index in [2.05, 4.69) is 4.90 Å². The first-order valence-electron chi connectivity index (χ1n) is 7.92. The van der Waals surface area contributed by atoms with Crippen molar-refractivity contribution >= 4 is 5.91 Å². The van der Waals surface area contributed by atoms with Gasteiger partial charge in [-0.1, -0.05) is 0 Å². The van der Waals surface area contributed by atoms with Gasteiger partial charge in [0, 0.05) is 44.7 Å². The van der Waals surface area contributed by atoms with Crippen LogP contribution >= 0.6 is 0 Å². The standard InChI is InChI=1S/C17H24N2O3/c1-21-15-9-13(10-16(11-15)22-2)12-18-5-7-19(8-6-18)17(20)14-3-4-14/h9-11,14H,3-8,12H2,1-2H3. The molecule has 5 heteroatoms. The summed E-state index contributed by atoms with van der Waals surface area (Å²) in [5.74, 6) is 2.32. The SMILES string of the molecule is COc1cc(CN2CCN(C(=O)C3CC3)CC2)cc(OC)c1. The average Bonchev–Trinajstić information content (AvgIpc) is 3.39. The molecule has 1 aromatic rings. The first kappa shape index (κ1) is 15.2. The highest BCUT2D eigenvalue weighted by atomic mass is 16.5. The van der Waals surface area contributed by atoms with Crippen molar-refractivity contribution in [1.82, 2.24) is 9.80 Å². The number of nitrogens with zero attached hydrogens (tertiary/aromatic N) is 2. The number of hydrogen-bond donors (Lipinski definition) is 0. The third kappa shape index (κ3) is 3.53. The topological polar surface area (TPSA) is 42.0 Å². The maximum atomic E-state index is 12.1. The highest BCUT2D eigenvalue weighted by molar-refractivity contribution is 5.81. The summed E-state index contributed by atoms with van der Waals surface area (Å²) in [7, 11) is 3.33. The normalized spacial score (nSPS) is 19.1. The second-order valence-electron chi connectivity index (χ2n) is 6.10. The maximum Gasteiger partial charge on any atom is 0.225 e. The Balaban J connectivity index is 1.57. The number of amides is 1. The molecule has 2 aliphatic rings. The summed E-state index contributed by atoms with van der Waals surface area (Å²) >= 11 is 0. The van der Waals surface area contributed by atoms with Crippen LogP contribution in [0.25, 0.3) is 0 Å². The predicted molar refractivity (Wildman–Crippen MR) is 84.1 cm³/mol. The van der Waals surface area contributed by atoms with E-state index in [-0.39, 0.29) is 0 Å². The minimum absolute atomic E-state index is 0.328. The van der Waals surface area contributed by atoms with Crippen LogP contribution < -0.4 is 9.47 Å². The molecule has 3 rings (SSSR count). The van der Waals surface area contributed by atoms with E-state index in [9.17, 15) is 4.79 Å². The van der Waals surface area contributed by atoms with Crippen LogP contribution in [-0.2, 0) is 11.3 Å². The van der Waals surface area contributed by atoms with Gasteiger partial charge in [-0.2, -0.15) is 0 Å². The molecule has 1 amide bonds. The van der Waals surface area contributed by atoms with Gasteiger partial charge in [0.2, 0.25) is 5.91 Å². The number of piperazine rings is 1. The highest BCUT2D eigenvalue weighted by Gasteiger charge is 2.34. The van der Waals surface area contributed by atoms with Gasteiger partial charge in [0.15, 0.2) is 0 Å². The number of carbonyl (C=O) groups is 1. The van der Waals surface area contributed by atoms with E-state index in [1.807, 2.05) is 23.1 Å². The van der Waals surface area contributed by atoms with E-state index in [1.165, 1.54) is 5.56 Å². The van der Waals surface area contributed by atoms with Crippen LogP contribution in [0, 0.1) is 5.92 Å². The number of methoxy groups -OCH3 is 2. The fourth-order valence-corrected chi connectivity index (χ4v) is 2.93. The molecule has 1 aromatic carbocycles. The Kier molecular flexibility index (Phi) is 4.52. The van der Waals surface area contributed by atoms with Gasteiger partial charge >= 0.3 is 0 Å². The monoisotopic (exact) mass is 304 g/mol. The highest BCUT2D eigenvalue weighted by Crippen LogP contribution is 2.31. The lowest BCUT2D eigenvalue weighted by molar-refractivity contribution is -0.134. The number of hydrogen-bond acceptors (Lipinski definition) is 4. The van der Waals surface area contributed by atoms with Crippen molar-refractivity contribution in [3.05, 3.63) is 23.8 Å². The lowest BCUT2D eigenvalue weighted by Gasteiger charge is -2.35. The van der Waals surface area contributed by atoms with Crippen LogP contribution in [0.15, 0.2) is 18.2 Å². The minimum atomic E-state index is 0.328. The zero-order chi connectivity index (χ0) is 15.5. The van der Waals surface area contributed by atoms with Crippen LogP contribution in [-0.4, -0.2) is 56.1 Å². The number of benzene rings is 1. The van der Waals surface area contributed by atoms with Gasteiger partial charge in [-0.3, -0.25) is 9.69 Å². The lowest BCUT2D eigenvalue weighted by Crippen LogP contribution is -2.48. The molecule has 1 saturated heterocycles. The van der Waals surface area contributed by atoms with Crippen LogP contribution in [0.5, 0.6) is 11.5 Å². The molecule has 2 fully saturated rings. The summed E-state index contributed by atoms with van der Waals surface area (Å²) in [6, 6.07) is 5.98. The molecule has 0 bridgehead atoms. The van der Waals surface area contributed by atoms with Crippen molar-refractivity contribution in [3.8, 4) is 11.5 Å². The molecular formula is C17H24N2O3. The molecule has 0 aromatic heterocycles. The van der Waals surface area contributed by atoms with Gasteiger partial charge in [-0.05, 0) is 30.5 Å². The van der Waals surface area contributed by atoms with Crippen LogP contribution in [0.4, 0.5) is 0 Å². The summed E-state index contributed by atoms with van der Waals surface area (Å²) < 4.78 is 10.6. The Bertz CT molecular complexity index is 512. The molecule has 0 radical (unpaired) electrons. The third-order valence-corrected chi connectivity index (χ3v) is 4.43. The largest absolute Gasteiger partial charge is 0.497 e. The number of ether oxygens (including phenoxy) is 2. The van der Waals surface area contributed by atoms with Crippen molar-refractivity contribution in [2.75, 3.05) is 40.4 Å². The van der Waals surface area contributed by atoms with E-state index >= 15 is 0 Å². The smallest absolute Gasteiger partial charge is 0.225 e. The predicted octanol–water partition coefficient (Wildman–Crippen LogP) is 1.76. The van der Waals surface area contributed by atoms with E-state index in [4.69, 9.17) is 9.47 Å². The summed E-state index contributed by atoms with van der Waals surface area (Å²) in [5.41, 5.74) is 1.18. The van der Waals surface area contributed by atoms with E-state index in [1.54, 1.807) is 14.2 Å². The summed E-state index contributed by atoms with van der Waals surface area (Å²) in [6.45, 7) is 4.40. The van der Waals surface area contributed by atoms with Crippen LogP contribution in [0.2, 0.25) is 0 Å². The zero-order valence-electron chi connectivity index (χ0n) is 13.4. The molecule has 22 heavy (non-hydrogen) atoms.